The monoisotopic (exact) mass is 148 g/mol. The third kappa shape index (κ3) is 0.519. The van der Waals surface area contributed by atoms with Crippen molar-refractivity contribution in [3.63, 3.8) is 0 Å². The lowest BCUT2D eigenvalue weighted by Crippen LogP contribution is -2.24. The molecule has 3 fully saturated rings. The molecule has 2 bridgehead atoms. The van der Waals surface area contributed by atoms with E-state index in [4.69, 9.17) is 5.53 Å². The first-order valence-corrected chi connectivity index (χ1v) is 4.59. The summed E-state index contributed by atoms with van der Waals surface area (Å²) in [7, 11) is 0. The summed E-state index contributed by atoms with van der Waals surface area (Å²) >= 11 is 0. The first-order valence-electron chi connectivity index (χ1n) is 4.59. The van der Waals surface area contributed by atoms with Gasteiger partial charge in [0, 0.05) is 0 Å². The summed E-state index contributed by atoms with van der Waals surface area (Å²) in [5.74, 6) is 1.55. The van der Waals surface area contributed by atoms with Gasteiger partial charge in [-0.2, -0.15) is 4.79 Å². The normalized spacial score (nSPS) is 43.1. The molecule has 0 amide bonds. The Morgan fingerprint density at radius 3 is 2.73 bits per heavy atom. The molecular formula is C9H12N2. The third-order valence-electron chi connectivity index (χ3n) is 4.01. The molecule has 0 unspecified atom stereocenters. The maximum atomic E-state index is 8.85. The van der Waals surface area contributed by atoms with Crippen molar-refractivity contribution in [2.24, 2.45) is 17.3 Å². The van der Waals surface area contributed by atoms with E-state index in [0.29, 0.717) is 11.3 Å². The molecular weight excluding hydrogens is 136 g/mol. The molecule has 1 spiro atoms. The molecule has 0 heterocycles. The predicted octanol–water partition coefficient (Wildman–Crippen LogP) is 1.87. The topological polar surface area (TPSA) is 36.4 Å². The van der Waals surface area contributed by atoms with E-state index in [1.807, 2.05) is 0 Å². The van der Waals surface area contributed by atoms with Crippen LogP contribution in [0.25, 0.3) is 5.53 Å². The molecule has 3 aliphatic rings. The molecule has 0 aromatic carbocycles. The summed E-state index contributed by atoms with van der Waals surface area (Å²) in [6, 6.07) is 0. The van der Waals surface area contributed by atoms with Crippen LogP contribution in [0.3, 0.4) is 0 Å². The van der Waals surface area contributed by atoms with E-state index in [9.17, 15) is 0 Å². The van der Waals surface area contributed by atoms with Crippen molar-refractivity contribution in [3.05, 3.63) is 5.53 Å². The highest BCUT2D eigenvalue weighted by Crippen LogP contribution is 2.66. The number of fused-ring (bicyclic) bond motifs is 3. The van der Waals surface area contributed by atoms with E-state index in [0.717, 1.165) is 11.6 Å². The van der Waals surface area contributed by atoms with E-state index < -0.39 is 0 Å². The molecule has 0 radical (unpaired) electrons. The fourth-order valence-electron chi connectivity index (χ4n) is 3.33. The van der Waals surface area contributed by atoms with Crippen molar-refractivity contribution in [1.29, 1.82) is 0 Å². The molecule has 3 rings (SSSR count). The Morgan fingerprint density at radius 1 is 1.36 bits per heavy atom. The van der Waals surface area contributed by atoms with Crippen LogP contribution in [0.2, 0.25) is 0 Å². The number of hydrogen-bond donors (Lipinski definition) is 0. The molecule has 3 saturated carbocycles. The highest BCUT2D eigenvalue weighted by molar-refractivity contribution is 5.93. The molecule has 2 heteroatoms. The second-order valence-electron chi connectivity index (χ2n) is 4.35. The Morgan fingerprint density at radius 2 is 2.18 bits per heavy atom. The van der Waals surface area contributed by atoms with Gasteiger partial charge in [-0.3, -0.25) is 0 Å². The summed E-state index contributed by atoms with van der Waals surface area (Å²) in [5.41, 5.74) is 10.4. The lowest BCUT2D eigenvalue weighted by molar-refractivity contribution is -0.0218. The van der Waals surface area contributed by atoms with E-state index in [1.165, 1.54) is 32.1 Å². The smallest absolute Gasteiger partial charge is 0.278 e. The Balaban J connectivity index is 2.11. The molecule has 11 heavy (non-hydrogen) atoms. The van der Waals surface area contributed by atoms with Crippen LogP contribution in [0.4, 0.5) is 0 Å². The molecule has 0 aliphatic heterocycles. The molecule has 0 N–H and O–H groups in total. The maximum absolute atomic E-state index is 8.85. The van der Waals surface area contributed by atoms with E-state index in [1.54, 1.807) is 0 Å². The minimum absolute atomic E-state index is 0.428. The van der Waals surface area contributed by atoms with Crippen LogP contribution >= 0.6 is 0 Å². The standard InChI is InChI=1S/C9H12N2/c10-11-8-6-1-2-7(5-6)9(8)3-4-9/h6-7H,1-5H2/t6-,7+/m0/s1. The van der Waals surface area contributed by atoms with Gasteiger partial charge in [-0.25, -0.2) is 0 Å². The van der Waals surface area contributed by atoms with Crippen molar-refractivity contribution >= 4 is 5.71 Å². The molecule has 2 nitrogen and oxygen atoms in total. The van der Waals surface area contributed by atoms with Gasteiger partial charge in [-0.05, 0) is 38.0 Å². The van der Waals surface area contributed by atoms with Crippen LogP contribution in [0.15, 0.2) is 0 Å². The third-order valence-corrected chi connectivity index (χ3v) is 4.01. The van der Waals surface area contributed by atoms with Gasteiger partial charge in [0.15, 0.2) is 0 Å². The van der Waals surface area contributed by atoms with Crippen molar-refractivity contribution in [2.45, 2.75) is 32.1 Å². The summed E-state index contributed by atoms with van der Waals surface area (Å²) in [4.78, 5) is 3.50. The Hall–Kier alpha value is -0.620. The number of nitrogens with zero attached hydrogens (tertiary/aromatic N) is 2. The van der Waals surface area contributed by atoms with E-state index in [2.05, 4.69) is 4.79 Å². The lowest BCUT2D eigenvalue weighted by atomic mass is 9.84. The van der Waals surface area contributed by atoms with Gasteiger partial charge in [0.25, 0.3) is 5.71 Å². The highest BCUT2D eigenvalue weighted by Gasteiger charge is 2.67. The number of rotatable bonds is 0. The average molecular weight is 148 g/mol. The second kappa shape index (κ2) is 1.59. The molecule has 2 atom stereocenters. The van der Waals surface area contributed by atoms with Crippen LogP contribution in [0, 0.1) is 17.3 Å². The Kier molecular flexibility index (Phi) is 0.859. The molecule has 58 valence electrons. The SMILES string of the molecule is [N-]=[N+]=C1[C@H]2CC[C@H](C2)C12CC2. The van der Waals surface area contributed by atoms with Gasteiger partial charge < -0.3 is 5.53 Å². The minimum atomic E-state index is 0.428. The van der Waals surface area contributed by atoms with Crippen LogP contribution in [-0.4, -0.2) is 10.5 Å². The summed E-state index contributed by atoms with van der Waals surface area (Å²) in [5, 5.41) is 0. The zero-order valence-electron chi connectivity index (χ0n) is 6.58. The lowest BCUT2D eigenvalue weighted by Gasteiger charge is -2.15. The zero-order chi connectivity index (χ0) is 7.47. The van der Waals surface area contributed by atoms with Gasteiger partial charge in [-0.1, -0.05) is 0 Å². The van der Waals surface area contributed by atoms with Gasteiger partial charge in [0.05, 0.1) is 11.3 Å². The minimum Gasteiger partial charge on any atom is -0.362 e. The summed E-state index contributed by atoms with van der Waals surface area (Å²) < 4.78 is 0. The molecule has 0 aromatic heterocycles. The summed E-state index contributed by atoms with van der Waals surface area (Å²) in [6.45, 7) is 0. The van der Waals surface area contributed by atoms with Gasteiger partial charge in [0.1, 0.15) is 0 Å². The zero-order valence-corrected chi connectivity index (χ0v) is 6.58. The van der Waals surface area contributed by atoms with Crippen molar-refractivity contribution in [3.8, 4) is 0 Å². The molecule has 3 aliphatic carbocycles. The fraction of sp³-hybridized carbons (Fsp3) is 0.889. The van der Waals surface area contributed by atoms with Crippen molar-refractivity contribution in [2.75, 3.05) is 0 Å². The Labute approximate surface area is 66.2 Å². The molecule has 0 aromatic rings. The fourth-order valence-corrected chi connectivity index (χ4v) is 3.33. The van der Waals surface area contributed by atoms with Crippen molar-refractivity contribution in [1.82, 2.24) is 0 Å². The van der Waals surface area contributed by atoms with Crippen molar-refractivity contribution < 1.29 is 4.79 Å². The first kappa shape index (κ1) is 5.96. The van der Waals surface area contributed by atoms with E-state index in [-0.39, 0.29) is 0 Å². The van der Waals surface area contributed by atoms with Crippen LogP contribution in [0.1, 0.15) is 32.1 Å². The second-order valence-corrected chi connectivity index (χ2v) is 4.35. The Bertz CT molecular complexity index is 259. The predicted molar refractivity (Wildman–Crippen MR) is 41.1 cm³/mol. The van der Waals surface area contributed by atoms with Crippen LogP contribution < -0.4 is 0 Å². The highest BCUT2D eigenvalue weighted by atomic mass is 14.9. The number of hydrogen-bond acceptors (Lipinski definition) is 0. The summed E-state index contributed by atoms with van der Waals surface area (Å²) in [6.07, 6.45) is 6.59. The maximum Gasteiger partial charge on any atom is 0.278 e. The van der Waals surface area contributed by atoms with Gasteiger partial charge in [-0.15, -0.1) is 0 Å². The van der Waals surface area contributed by atoms with E-state index >= 15 is 0 Å². The molecule has 0 saturated heterocycles. The first-order chi connectivity index (χ1) is 5.37. The van der Waals surface area contributed by atoms with Crippen LogP contribution in [-0.2, 0) is 0 Å². The average Bonchev–Trinajstić information content (AvgIpc) is 2.58. The van der Waals surface area contributed by atoms with Gasteiger partial charge >= 0.3 is 0 Å². The van der Waals surface area contributed by atoms with Crippen LogP contribution in [0.5, 0.6) is 0 Å². The quantitative estimate of drug-likeness (QED) is 0.371. The largest absolute Gasteiger partial charge is 0.362 e. The van der Waals surface area contributed by atoms with Gasteiger partial charge in [0.2, 0.25) is 0 Å².